The van der Waals surface area contributed by atoms with Gasteiger partial charge in [0.05, 0.1) is 11.3 Å². The number of fused-ring (bicyclic) bond motifs is 2. The molecule has 0 unspecified atom stereocenters. The monoisotopic (exact) mass is 378 g/mol. The maximum atomic E-state index is 12.9. The molecule has 0 aromatic heterocycles. The van der Waals surface area contributed by atoms with Gasteiger partial charge in [0.2, 0.25) is 5.89 Å². The van der Waals surface area contributed by atoms with Crippen molar-refractivity contribution in [3.8, 4) is 22.9 Å². The lowest BCUT2D eigenvalue weighted by molar-refractivity contribution is 0.0697. The van der Waals surface area contributed by atoms with Gasteiger partial charge in [-0.3, -0.25) is 4.79 Å². The third-order valence-corrected chi connectivity index (χ3v) is 4.64. The number of phenolic OH excluding ortho intramolecular Hbond substituents is 1. The Morgan fingerprint density at radius 2 is 1.89 bits per heavy atom. The summed E-state index contributed by atoms with van der Waals surface area (Å²) < 4.78 is 6.81. The highest BCUT2D eigenvalue weighted by Gasteiger charge is 2.23. The van der Waals surface area contributed by atoms with E-state index in [-0.39, 0.29) is 33.8 Å². The number of rotatable bonds is 2. The van der Waals surface area contributed by atoms with E-state index in [0.717, 1.165) is 10.2 Å². The number of aromatic hydroxyl groups is 1. The van der Waals surface area contributed by atoms with Crippen LogP contribution in [0.15, 0.2) is 51.7 Å². The van der Waals surface area contributed by atoms with Crippen molar-refractivity contribution in [3.05, 3.63) is 63.9 Å². The Balaban J connectivity index is 1.97. The highest BCUT2D eigenvalue weighted by Crippen LogP contribution is 2.35. The van der Waals surface area contributed by atoms with Crippen molar-refractivity contribution in [2.24, 2.45) is 0 Å². The molecule has 0 aliphatic carbocycles. The highest BCUT2D eigenvalue weighted by atomic mass is 16.4. The minimum absolute atomic E-state index is 0.0285. The van der Waals surface area contributed by atoms with Gasteiger partial charge in [-0.05, 0) is 47.4 Å². The lowest BCUT2D eigenvalue weighted by atomic mass is 9.86. The Labute approximate surface area is 159 Å². The third-order valence-electron chi connectivity index (χ3n) is 4.64. The second kappa shape index (κ2) is 5.95. The Hall–Kier alpha value is -3.61. The molecular formula is C21H18N2O5. The van der Waals surface area contributed by atoms with Crippen LogP contribution >= 0.6 is 0 Å². The summed E-state index contributed by atoms with van der Waals surface area (Å²) in [5.41, 5.74) is 1.14. The van der Waals surface area contributed by atoms with Crippen LogP contribution in [0.1, 0.15) is 36.7 Å². The molecule has 2 aliphatic rings. The molecule has 0 spiro atoms. The zero-order valence-electron chi connectivity index (χ0n) is 15.6. The summed E-state index contributed by atoms with van der Waals surface area (Å²) in [5, 5.41) is 24.3. The summed E-state index contributed by atoms with van der Waals surface area (Å²) in [5.74, 6) is -1.06. The van der Waals surface area contributed by atoms with Crippen LogP contribution in [0.5, 0.6) is 5.75 Å². The predicted molar refractivity (Wildman–Crippen MR) is 104 cm³/mol. The first-order chi connectivity index (χ1) is 13.1. The quantitative estimate of drug-likeness (QED) is 0.550. The van der Waals surface area contributed by atoms with Crippen LogP contribution in [0, 0.1) is 0 Å². The van der Waals surface area contributed by atoms with Gasteiger partial charge in [0, 0.05) is 5.39 Å². The Morgan fingerprint density at radius 3 is 2.57 bits per heavy atom. The fourth-order valence-electron chi connectivity index (χ4n) is 3.08. The van der Waals surface area contributed by atoms with Crippen LogP contribution in [0.3, 0.4) is 0 Å². The summed E-state index contributed by atoms with van der Waals surface area (Å²) in [7, 11) is 0. The first kappa shape index (κ1) is 17.8. The molecular weight excluding hydrogens is 360 g/mol. The molecule has 28 heavy (non-hydrogen) atoms. The van der Waals surface area contributed by atoms with Crippen molar-refractivity contribution in [1.82, 2.24) is 9.78 Å². The lowest BCUT2D eigenvalue weighted by Crippen LogP contribution is -2.15. The van der Waals surface area contributed by atoms with Crippen molar-refractivity contribution in [2.75, 3.05) is 0 Å². The standard InChI is InChI=1S/C21H18N2O5/c1-21(2,3)13-7-12-9-15-18(28-17(12)16(24)10-13)22-23(19(15)25)14-6-4-5-11(8-14)20(26)27/h4-10,24H,1-3H3,(H,26,27). The largest absolute Gasteiger partial charge is 0.504 e. The van der Waals surface area contributed by atoms with Crippen LogP contribution in [0.4, 0.5) is 0 Å². The molecule has 0 saturated heterocycles. The van der Waals surface area contributed by atoms with E-state index in [2.05, 4.69) is 5.10 Å². The average Bonchev–Trinajstić information content (AvgIpc) is 2.96. The highest BCUT2D eigenvalue weighted by molar-refractivity contribution is 5.89. The van der Waals surface area contributed by atoms with E-state index in [0.29, 0.717) is 11.1 Å². The number of aromatic nitrogens is 2. The molecule has 0 atom stereocenters. The molecule has 0 radical (unpaired) electrons. The van der Waals surface area contributed by atoms with Gasteiger partial charge in [-0.1, -0.05) is 26.8 Å². The molecule has 142 valence electrons. The second-order valence-electron chi connectivity index (χ2n) is 7.70. The zero-order chi connectivity index (χ0) is 20.2. The number of carbonyl (C=O) groups is 1. The van der Waals surface area contributed by atoms with Crippen molar-refractivity contribution >= 4 is 16.9 Å². The first-order valence-electron chi connectivity index (χ1n) is 8.69. The summed E-state index contributed by atoms with van der Waals surface area (Å²) >= 11 is 0. The van der Waals surface area contributed by atoms with Crippen molar-refractivity contribution in [3.63, 3.8) is 0 Å². The molecule has 0 fully saturated rings. The topological polar surface area (TPSA) is 106 Å². The minimum Gasteiger partial charge on any atom is -0.504 e. The molecule has 0 amide bonds. The zero-order valence-corrected chi connectivity index (χ0v) is 15.6. The second-order valence-corrected chi connectivity index (χ2v) is 7.70. The van der Waals surface area contributed by atoms with E-state index in [9.17, 15) is 14.7 Å². The molecule has 4 rings (SSSR count). The molecule has 2 heterocycles. The van der Waals surface area contributed by atoms with E-state index in [1.807, 2.05) is 26.8 Å². The predicted octanol–water partition coefficient (Wildman–Crippen LogP) is 3.78. The minimum atomic E-state index is -1.10. The first-order valence-corrected chi connectivity index (χ1v) is 8.69. The molecule has 2 aromatic carbocycles. The van der Waals surface area contributed by atoms with E-state index in [1.54, 1.807) is 24.3 Å². The molecule has 7 nitrogen and oxygen atoms in total. The fraction of sp³-hybridized carbons (Fsp3) is 0.190. The summed E-state index contributed by atoms with van der Waals surface area (Å²) in [6.07, 6.45) is 0. The third kappa shape index (κ3) is 2.81. The SMILES string of the molecule is CC(C)(C)c1cc(O)c2oc3nn(-c4cccc(C(=O)O)c4)c(=O)c-3cc2c1. The van der Waals surface area contributed by atoms with E-state index in [1.165, 1.54) is 12.1 Å². The summed E-state index contributed by atoms with van der Waals surface area (Å²) in [6, 6.07) is 11.1. The van der Waals surface area contributed by atoms with Crippen LogP contribution in [0.25, 0.3) is 28.1 Å². The number of carboxylic acid groups (broad SMARTS) is 1. The molecule has 2 aliphatic heterocycles. The summed E-state index contributed by atoms with van der Waals surface area (Å²) in [4.78, 5) is 24.0. The van der Waals surface area contributed by atoms with Crippen LogP contribution in [-0.4, -0.2) is 26.0 Å². The number of carboxylic acids is 1. The van der Waals surface area contributed by atoms with E-state index < -0.39 is 11.5 Å². The Morgan fingerprint density at radius 1 is 1.14 bits per heavy atom. The fourth-order valence-corrected chi connectivity index (χ4v) is 3.08. The van der Waals surface area contributed by atoms with E-state index >= 15 is 0 Å². The molecule has 2 aromatic rings. The van der Waals surface area contributed by atoms with Gasteiger partial charge in [0.25, 0.3) is 5.56 Å². The van der Waals surface area contributed by atoms with Gasteiger partial charge >= 0.3 is 5.97 Å². The lowest BCUT2D eigenvalue weighted by Gasteiger charge is -2.19. The number of phenols is 1. The number of aromatic carboxylic acids is 1. The Bertz CT molecular complexity index is 1260. The van der Waals surface area contributed by atoms with Crippen LogP contribution < -0.4 is 5.56 Å². The summed E-state index contributed by atoms with van der Waals surface area (Å²) in [6.45, 7) is 6.07. The maximum Gasteiger partial charge on any atom is 0.335 e. The number of hydrogen-bond donors (Lipinski definition) is 2. The van der Waals surface area contributed by atoms with Crippen LogP contribution in [-0.2, 0) is 5.41 Å². The molecule has 2 N–H and O–H groups in total. The van der Waals surface area contributed by atoms with Gasteiger partial charge < -0.3 is 14.6 Å². The van der Waals surface area contributed by atoms with Crippen molar-refractivity contribution in [2.45, 2.75) is 26.2 Å². The molecule has 7 heteroatoms. The van der Waals surface area contributed by atoms with Crippen molar-refractivity contribution in [1.29, 1.82) is 0 Å². The molecule has 0 bridgehead atoms. The number of nitrogens with zero attached hydrogens (tertiary/aromatic N) is 2. The number of hydrogen-bond acceptors (Lipinski definition) is 5. The maximum absolute atomic E-state index is 12.9. The van der Waals surface area contributed by atoms with Crippen LogP contribution in [0.2, 0.25) is 0 Å². The van der Waals surface area contributed by atoms with Crippen molar-refractivity contribution < 1.29 is 19.4 Å². The van der Waals surface area contributed by atoms with E-state index in [4.69, 9.17) is 9.52 Å². The smallest absolute Gasteiger partial charge is 0.335 e. The Kier molecular flexibility index (Phi) is 3.78. The van der Waals surface area contributed by atoms with Gasteiger partial charge in [-0.2, -0.15) is 4.68 Å². The van der Waals surface area contributed by atoms with Gasteiger partial charge in [-0.15, -0.1) is 5.10 Å². The van der Waals surface area contributed by atoms with Gasteiger partial charge in [0.15, 0.2) is 11.3 Å². The average molecular weight is 378 g/mol. The van der Waals surface area contributed by atoms with Gasteiger partial charge in [0.1, 0.15) is 5.56 Å². The number of benzene rings is 2. The van der Waals surface area contributed by atoms with Gasteiger partial charge in [-0.25, -0.2) is 4.79 Å². The normalized spacial score (nSPS) is 12.0. The molecule has 0 saturated carbocycles.